The molecule has 1 rings (SSSR count). The molecule has 0 bridgehead atoms. The van der Waals surface area contributed by atoms with Gasteiger partial charge < -0.3 is 10.1 Å². The van der Waals surface area contributed by atoms with Gasteiger partial charge in [-0.1, -0.05) is 0 Å². The van der Waals surface area contributed by atoms with Crippen LogP contribution in [0.5, 0.6) is 0 Å². The lowest BCUT2D eigenvalue weighted by atomic mass is 9.92. The third-order valence-corrected chi connectivity index (χ3v) is 3.04. The summed E-state index contributed by atoms with van der Waals surface area (Å²) in [4.78, 5) is 11.7. The lowest BCUT2D eigenvalue weighted by molar-refractivity contribution is -0.158. The first kappa shape index (κ1) is 13.5. The summed E-state index contributed by atoms with van der Waals surface area (Å²) in [5, 5.41) is 3.35. The Hall–Kier alpha value is -0.570. The molecule has 94 valence electrons. The lowest BCUT2D eigenvalue weighted by Crippen LogP contribution is -2.32. The molecule has 0 aromatic heterocycles. The minimum absolute atomic E-state index is 0.0508. The van der Waals surface area contributed by atoms with Crippen molar-refractivity contribution in [1.29, 1.82) is 0 Å². The Balaban J connectivity index is 2.29. The Morgan fingerprint density at radius 3 is 2.44 bits per heavy atom. The van der Waals surface area contributed by atoms with Gasteiger partial charge in [-0.3, -0.25) is 4.79 Å². The molecule has 0 aromatic rings. The fraction of sp³-hybridized carbons (Fsp3) is 0.923. The van der Waals surface area contributed by atoms with Gasteiger partial charge in [0.2, 0.25) is 0 Å². The summed E-state index contributed by atoms with van der Waals surface area (Å²) in [5.74, 6) is 0.623. The van der Waals surface area contributed by atoms with Crippen molar-refractivity contribution in [3.05, 3.63) is 0 Å². The fourth-order valence-corrected chi connectivity index (χ4v) is 1.99. The van der Waals surface area contributed by atoms with Gasteiger partial charge in [0.25, 0.3) is 0 Å². The molecule has 1 atom stereocenters. The van der Waals surface area contributed by atoms with Crippen LogP contribution in [0.15, 0.2) is 0 Å². The van der Waals surface area contributed by atoms with E-state index < -0.39 is 0 Å². The van der Waals surface area contributed by atoms with E-state index in [9.17, 15) is 4.79 Å². The molecule has 0 spiro atoms. The maximum absolute atomic E-state index is 11.7. The van der Waals surface area contributed by atoms with Crippen LogP contribution >= 0.6 is 0 Å². The highest BCUT2D eigenvalue weighted by molar-refractivity contribution is 5.75. The minimum atomic E-state index is -0.387. The molecule has 0 aromatic carbocycles. The van der Waals surface area contributed by atoms with E-state index in [-0.39, 0.29) is 17.5 Å². The molecular weight excluding hydrogens is 202 g/mol. The second-order valence-electron chi connectivity index (χ2n) is 5.90. The predicted molar refractivity (Wildman–Crippen MR) is 65.2 cm³/mol. The summed E-state index contributed by atoms with van der Waals surface area (Å²) in [7, 11) is 0. The summed E-state index contributed by atoms with van der Waals surface area (Å²) < 4.78 is 5.46. The molecule has 1 N–H and O–H groups in total. The molecule has 3 heteroatoms. The molecule has 1 aliphatic rings. The Morgan fingerprint density at radius 1 is 1.38 bits per heavy atom. The summed E-state index contributed by atoms with van der Waals surface area (Å²) in [6.45, 7) is 9.90. The van der Waals surface area contributed by atoms with Crippen LogP contribution in [0.3, 0.4) is 0 Å². The number of carbonyl (C=O) groups is 1. The number of carbonyl (C=O) groups excluding carboxylic acids is 1. The largest absolute Gasteiger partial charge is 0.462 e. The summed E-state index contributed by atoms with van der Waals surface area (Å²) >= 11 is 0. The van der Waals surface area contributed by atoms with Crippen LogP contribution in [0.25, 0.3) is 0 Å². The zero-order valence-corrected chi connectivity index (χ0v) is 11.0. The summed E-state index contributed by atoms with van der Waals surface area (Å²) in [6, 6.07) is 0. The average molecular weight is 227 g/mol. The Morgan fingerprint density at radius 2 is 1.94 bits per heavy atom. The van der Waals surface area contributed by atoms with E-state index in [1.165, 1.54) is 12.8 Å². The van der Waals surface area contributed by atoms with E-state index in [1.807, 2.05) is 27.7 Å². The van der Waals surface area contributed by atoms with Crippen molar-refractivity contribution in [3.8, 4) is 0 Å². The third kappa shape index (κ3) is 4.52. The summed E-state index contributed by atoms with van der Waals surface area (Å²) in [5.41, 5.74) is -0.387. The second kappa shape index (κ2) is 5.67. The highest BCUT2D eigenvalue weighted by Gasteiger charge is 2.26. The zero-order chi connectivity index (χ0) is 12.2. The van der Waals surface area contributed by atoms with Crippen LogP contribution in [-0.2, 0) is 9.53 Å². The van der Waals surface area contributed by atoms with Crippen LogP contribution in [-0.4, -0.2) is 25.2 Å². The van der Waals surface area contributed by atoms with Crippen molar-refractivity contribution in [2.24, 2.45) is 11.3 Å². The molecule has 0 amide bonds. The third-order valence-electron chi connectivity index (χ3n) is 3.04. The number of piperidine rings is 1. The summed E-state index contributed by atoms with van der Waals surface area (Å²) in [6.07, 6.45) is 3.47. The lowest BCUT2D eigenvalue weighted by Gasteiger charge is -2.27. The van der Waals surface area contributed by atoms with Crippen LogP contribution in [0, 0.1) is 11.3 Å². The Bertz CT molecular complexity index is 227. The molecule has 1 saturated heterocycles. The van der Waals surface area contributed by atoms with Gasteiger partial charge in [0, 0.05) is 0 Å². The standard InChI is InChI=1S/C13H25NO2/c1-10(16-12(15)13(2,3)4)9-11-5-7-14-8-6-11/h10-11,14H,5-9H2,1-4H3. The van der Waals surface area contributed by atoms with Crippen molar-refractivity contribution in [2.45, 2.75) is 53.1 Å². The molecule has 16 heavy (non-hydrogen) atoms. The Kier molecular flexibility index (Phi) is 4.78. The highest BCUT2D eigenvalue weighted by atomic mass is 16.5. The van der Waals surface area contributed by atoms with E-state index in [0.29, 0.717) is 5.92 Å². The maximum Gasteiger partial charge on any atom is 0.311 e. The van der Waals surface area contributed by atoms with Crippen LogP contribution in [0.1, 0.15) is 47.0 Å². The molecule has 1 heterocycles. The molecule has 3 nitrogen and oxygen atoms in total. The molecule has 1 fully saturated rings. The van der Waals surface area contributed by atoms with E-state index >= 15 is 0 Å². The molecule has 0 saturated carbocycles. The van der Waals surface area contributed by atoms with Crippen molar-refractivity contribution in [3.63, 3.8) is 0 Å². The maximum atomic E-state index is 11.7. The minimum Gasteiger partial charge on any atom is -0.462 e. The van der Waals surface area contributed by atoms with Gasteiger partial charge >= 0.3 is 5.97 Å². The molecule has 0 radical (unpaired) electrons. The first-order chi connectivity index (χ1) is 7.39. The van der Waals surface area contributed by atoms with Crippen molar-refractivity contribution in [1.82, 2.24) is 5.32 Å². The number of nitrogens with one attached hydrogen (secondary N) is 1. The van der Waals surface area contributed by atoms with E-state index in [2.05, 4.69) is 5.32 Å². The number of rotatable bonds is 3. The first-order valence-electron chi connectivity index (χ1n) is 6.31. The van der Waals surface area contributed by atoms with Crippen molar-refractivity contribution in [2.75, 3.05) is 13.1 Å². The van der Waals surface area contributed by atoms with Gasteiger partial charge in [-0.2, -0.15) is 0 Å². The highest BCUT2D eigenvalue weighted by Crippen LogP contribution is 2.22. The van der Waals surface area contributed by atoms with Gasteiger partial charge in [0.1, 0.15) is 0 Å². The Labute approximate surface area is 98.9 Å². The molecular formula is C13H25NO2. The van der Waals surface area contributed by atoms with Gasteiger partial charge in [-0.15, -0.1) is 0 Å². The number of ether oxygens (including phenoxy) is 1. The first-order valence-corrected chi connectivity index (χ1v) is 6.31. The van der Waals surface area contributed by atoms with Gasteiger partial charge in [-0.05, 0) is 66.0 Å². The number of hydrogen-bond donors (Lipinski definition) is 1. The predicted octanol–water partition coefficient (Wildman–Crippen LogP) is 2.35. The monoisotopic (exact) mass is 227 g/mol. The topological polar surface area (TPSA) is 38.3 Å². The molecule has 1 aliphatic heterocycles. The SMILES string of the molecule is CC(CC1CCNCC1)OC(=O)C(C)(C)C. The normalized spacial score (nSPS) is 20.5. The van der Waals surface area contributed by atoms with E-state index in [1.54, 1.807) is 0 Å². The van der Waals surface area contributed by atoms with Gasteiger partial charge in [0.05, 0.1) is 11.5 Å². The number of esters is 1. The van der Waals surface area contributed by atoms with Crippen LogP contribution in [0.4, 0.5) is 0 Å². The van der Waals surface area contributed by atoms with Gasteiger partial charge in [0.15, 0.2) is 0 Å². The van der Waals surface area contributed by atoms with Crippen LogP contribution in [0.2, 0.25) is 0 Å². The zero-order valence-electron chi connectivity index (χ0n) is 11.0. The van der Waals surface area contributed by atoms with Crippen LogP contribution < -0.4 is 5.32 Å². The quantitative estimate of drug-likeness (QED) is 0.752. The smallest absolute Gasteiger partial charge is 0.311 e. The van der Waals surface area contributed by atoms with Gasteiger partial charge in [-0.25, -0.2) is 0 Å². The average Bonchev–Trinajstić information content (AvgIpc) is 2.17. The van der Waals surface area contributed by atoms with Crippen molar-refractivity contribution >= 4 is 5.97 Å². The van der Waals surface area contributed by atoms with E-state index in [4.69, 9.17) is 4.74 Å². The second-order valence-corrected chi connectivity index (χ2v) is 5.90. The molecule has 1 unspecified atom stereocenters. The molecule has 0 aliphatic carbocycles. The van der Waals surface area contributed by atoms with E-state index in [0.717, 1.165) is 19.5 Å². The fourth-order valence-electron chi connectivity index (χ4n) is 1.99. The number of hydrogen-bond acceptors (Lipinski definition) is 3. The van der Waals surface area contributed by atoms with Crippen molar-refractivity contribution < 1.29 is 9.53 Å².